The van der Waals surface area contributed by atoms with Gasteiger partial charge in [0.2, 0.25) is 11.6 Å². The van der Waals surface area contributed by atoms with E-state index in [0.29, 0.717) is 11.5 Å². The van der Waals surface area contributed by atoms with Crippen molar-refractivity contribution in [2.24, 2.45) is 0 Å². The van der Waals surface area contributed by atoms with Crippen LogP contribution in [0.25, 0.3) is 11.6 Å². The molecule has 0 saturated heterocycles. The van der Waals surface area contributed by atoms with Gasteiger partial charge in [-0.3, -0.25) is 4.72 Å². The summed E-state index contributed by atoms with van der Waals surface area (Å²) in [6.45, 7) is 2.22. The second-order valence-corrected chi connectivity index (χ2v) is 9.30. The third-order valence-electron chi connectivity index (χ3n) is 4.97. The van der Waals surface area contributed by atoms with Gasteiger partial charge in [-0.2, -0.15) is 4.98 Å². The number of nitrogens with one attached hydrogen (secondary N) is 1. The molecule has 37 heavy (non-hydrogen) atoms. The van der Waals surface area contributed by atoms with Crippen LogP contribution in [-0.2, 0) is 14.8 Å². The summed E-state index contributed by atoms with van der Waals surface area (Å²) in [7, 11) is -1.05. The molecule has 0 atom stereocenters. The van der Waals surface area contributed by atoms with Gasteiger partial charge in [0.15, 0.2) is 23.1 Å². The molecule has 2 aromatic heterocycles. The summed E-state index contributed by atoms with van der Waals surface area (Å²) in [5, 5.41) is 0. The highest BCUT2D eigenvalue weighted by atomic mass is 32.2. The van der Waals surface area contributed by atoms with Crippen LogP contribution in [0, 0.1) is 6.92 Å². The smallest absolute Gasteiger partial charge is 0.263 e. The lowest BCUT2D eigenvalue weighted by Gasteiger charge is -2.18. The molecule has 11 nitrogen and oxygen atoms in total. The van der Waals surface area contributed by atoms with Gasteiger partial charge >= 0.3 is 0 Å². The maximum absolute atomic E-state index is 13.3. The van der Waals surface area contributed by atoms with Crippen molar-refractivity contribution in [3.8, 4) is 34.8 Å². The number of sulfonamides is 1. The van der Waals surface area contributed by atoms with Crippen LogP contribution in [0.3, 0.4) is 0 Å². The predicted molar refractivity (Wildman–Crippen MR) is 135 cm³/mol. The van der Waals surface area contributed by atoms with E-state index in [0.717, 1.165) is 5.56 Å². The van der Waals surface area contributed by atoms with Gasteiger partial charge in [0, 0.05) is 19.5 Å². The van der Waals surface area contributed by atoms with Crippen molar-refractivity contribution in [3.63, 3.8) is 0 Å². The standard InChI is InChI=1S/C25H25N5O6S/c1-17-9-11-18(12-10-17)37(31,32)30-22-21(36-20-8-5-4-7-19(20)34-3)25(35-16-15-33-2)29-24(28-22)23-26-13-6-14-27-23/h4-14H,15-16H2,1-3H3,(H,28,29,30). The number of hydrogen-bond donors (Lipinski definition) is 1. The molecule has 0 spiro atoms. The molecule has 0 unspecified atom stereocenters. The van der Waals surface area contributed by atoms with E-state index < -0.39 is 10.0 Å². The number of hydrogen-bond acceptors (Lipinski definition) is 10. The SMILES string of the molecule is COCCOc1nc(-c2ncccn2)nc(NS(=O)(=O)c2ccc(C)cc2)c1Oc1ccccc1OC. The number of methoxy groups -OCH3 is 2. The lowest BCUT2D eigenvalue weighted by Crippen LogP contribution is -2.17. The first-order valence-corrected chi connectivity index (χ1v) is 12.6. The monoisotopic (exact) mass is 523 g/mol. The molecule has 4 aromatic rings. The highest BCUT2D eigenvalue weighted by Crippen LogP contribution is 2.41. The molecule has 0 amide bonds. The molecule has 2 heterocycles. The third-order valence-corrected chi connectivity index (χ3v) is 6.32. The fraction of sp³-hybridized carbons (Fsp3) is 0.200. The molecule has 12 heteroatoms. The minimum atomic E-state index is -4.07. The van der Waals surface area contributed by atoms with E-state index in [9.17, 15) is 8.42 Å². The highest BCUT2D eigenvalue weighted by molar-refractivity contribution is 7.92. The molecule has 2 aromatic carbocycles. The zero-order valence-electron chi connectivity index (χ0n) is 20.4. The van der Waals surface area contributed by atoms with Gasteiger partial charge in [0.25, 0.3) is 15.9 Å². The van der Waals surface area contributed by atoms with Crippen molar-refractivity contribution in [1.29, 1.82) is 0 Å². The van der Waals surface area contributed by atoms with Crippen LogP contribution in [0.2, 0.25) is 0 Å². The first kappa shape index (κ1) is 25.8. The van der Waals surface area contributed by atoms with Crippen molar-refractivity contribution in [2.75, 3.05) is 32.2 Å². The van der Waals surface area contributed by atoms with Crippen LogP contribution < -0.4 is 18.9 Å². The van der Waals surface area contributed by atoms with Crippen molar-refractivity contribution in [2.45, 2.75) is 11.8 Å². The number of benzene rings is 2. The van der Waals surface area contributed by atoms with Crippen LogP contribution >= 0.6 is 0 Å². The molecule has 192 valence electrons. The number of aryl methyl sites for hydroxylation is 1. The Labute approximate surface area is 214 Å². The van der Waals surface area contributed by atoms with Gasteiger partial charge < -0.3 is 18.9 Å². The molecule has 0 saturated carbocycles. The molecule has 0 aliphatic carbocycles. The fourth-order valence-electron chi connectivity index (χ4n) is 3.14. The van der Waals surface area contributed by atoms with Gasteiger partial charge in [-0.05, 0) is 37.3 Å². The Balaban J connectivity index is 1.87. The summed E-state index contributed by atoms with van der Waals surface area (Å²) in [6.07, 6.45) is 3.04. The quantitative estimate of drug-likeness (QED) is 0.289. The third kappa shape index (κ3) is 6.29. The van der Waals surface area contributed by atoms with E-state index in [1.807, 2.05) is 6.92 Å². The second kappa shape index (κ2) is 11.6. The molecule has 0 fully saturated rings. The fourth-order valence-corrected chi connectivity index (χ4v) is 4.15. The zero-order valence-corrected chi connectivity index (χ0v) is 21.2. The minimum absolute atomic E-state index is 0.0296. The van der Waals surface area contributed by atoms with Gasteiger partial charge in [0.05, 0.1) is 18.6 Å². The Bertz CT molecular complexity index is 1450. The lowest BCUT2D eigenvalue weighted by molar-refractivity contribution is 0.142. The highest BCUT2D eigenvalue weighted by Gasteiger charge is 2.26. The maximum Gasteiger partial charge on any atom is 0.263 e. The summed E-state index contributed by atoms with van der Waals surface area (Å²) in [4.78, 5) is 17.2. The number of ether oxygens (including phenoxy) is 4. The van der Waals surface area contributed by atoms with Crippen molar-refractivity contribution >= 4 is 15.8 Å². The Hall–Kier alpha value is -4.29. The predicted octanol–water partition coefficient (Wildman–Crippen LogP) is 3.87. The average Bonchev–Trinajstić information content (AvgIpc) is 2.91. The first-order valence-electron chi connectivity index (χ1n) is 11.1. The molecular formula is C25H25N5O6S. The number of aromatic nitrogens is 4. The van der Waals surface area contributed by atoms with Gasteiger partial charge in [0.1, 0.15) is 6.61 Å². The van der Waals surface area contributed by atoms with Crippen molar-refractivity contribution < 1.29 is 27.4 Å². The van der Waals surface area contributed by atoms with E-state index >= 15 is 0 Å². The lowest BCUT2D eigenvalue weighted by atomic mass is 10.2. The molecule has 0 aliphatic rings. The van der Waals surface area contributed by atoms with Gasteiger partial charge in [-0.15, -0.1) is 0 Å². The summed E-state index contributed by atoms with van der Waals surface area (Å²) in [6, 6.07) is 14.9. The number of para-hydroxylation sites is 2. The van der Waals surface area contributed by atoms with Crippen molar-refractivity contribution in [1.82, 2.24) is 19.9 Å². The molecule has 0 radical (unpaired) electrons. The molecule has 0 aliphatic heterocycles. The Morgan fingerprint density at radius 2 is 1.54 bits per heavy atom. The first-order chi connectivity index (χ1) is 17.9. The number of nitrogens with zero attached hydrogens (tertiary/aromatic N) is 4. The van der Waals surface area contributed by atoms with Crippen LogP contribution in [0.4, 0.5) is 5.82 Å². The van der Waals surface area contributed by atoms with Gasteiger partial charge in [-0.1, -0.05) is 29.8 Å². The average molecular weight is 524 g/mol. The molecular weight excluding hydrogens is 498 g/mol. The largest absolute Gasteiger partial charge is 0.493 e. The van der Waals surface area contributed by atoms with Crippen LogP contribution in [-0.4, -0.2) is 55.8 Å². The van der Waals surface area contributed by atoms with Crippen LogP contribution in [0.15, 0.2) is 71.9 Å². The van der Waals surface area contributed by atoms with E-state index in [1.165, 1.54) is 38.7 Å². The molecule has 4 rings (SSSR count). The molecule has 0 bridgehead atoms. The Kier molecular flexibility index (Phi) is 8.11. The summed E-state index contributed by atoms with van der Waals surface area (Å²) in [5.41, 5.74) is 0.915. The summed E-state index contributed by atoms with van der Waals surface area (Å²) in [5.74, 6) is 0.618. The number of rotatable bonds is 11. The topological polar surface area (TPSA) is 135 Å². The number of anilines is 1. The zero-order chi connectivity index (χ0) is 26.3. The summed E-state index contributed by atoms with van der Waals surface area (Å²) < 4.78 is 51.5. The minimum Gasteiger partial charge on any atom is -0.493 e. The van der Waals surface area contributed by atoms with Gasteiger partial charge in [-0.25, -0.2) is 23.4 Å². The normalized spacial score (nSPS) is 11.1. The Morgan fingerprint density at radius 1 is 0.838 bits per heavy atom. The van der Waals surface area contributed by atoms with Crippen LogP contribution in [0.1, 0.15) is 5.56 Å². The second-order valence-electron chi connectivity index (χ2n) is 7.62. The van der Waals surface area contributed by atoms with Crippen LogP contribution in [0.5, 0.6) is 23.1 Å². The van der Waals surface area contributed by atoms with Crippen molar-refractivity contribution in [3.05, 3.63) is 72.6 Å². The molecule has 1 N–H and O–H groups in total. The summed E-state index contributed by atoms with van der Waals surface area (Å²) >= 11 is 0. The van der Waals surface area contributed by atoms with E-state index in [1.54, 1.807) is 42.5 Å². The van der Waals surface area contributed by atoms with E-state index in [4.69, 9.17) is 18.9 Å². The van der Waals surface area contributed by atoms with E-state index in [2.05, 4.69) is 24.7 Å². The Morgan fingerprint density at radius 3 is 2.22 bits per heavy atom. The maximum atomic E-state index is 13.3. The van der Waals surface area contributed by atoms with E-state index in [-0.39, 0.29) is 47.2 Å².